The van der Waals surface area contributed by atoms with E-state index >= 15 is 0 Å². The molecule has 0 heterocycles. The van der Waals surface area contributed by atoms with Crippen molar-refractivity contribution in [3.8, 4) is 0 Å². The number of carbonyl (C=O) groups excluding carboxylic acids is 2. The zero-order valence-electron chi connectivity index (χ0n) is 17.1. The van der Waals surface area contributed by atoms with Gasteiger partial charge in [0.2, 0.25) is 0 Å². The maximum atomic E-state index is 13.6. The van der Waals surface area contributed by atoms with E-state index < -0.39 is 24.1 Å². The average Bonchev–Trinajstić information content (AvgIpc) is 3.05. The van der Waals surface area contributed by atoms with Gasteiger partial charge in [0.25, 0.3) is 0 Å². The van der Waals surface area contributed by atoms with Gasteiger partial charge >= 0.3 is 5.97 Å². The van der Waals surface area contributed by atoms with Crippen molar-refractivity contribution in [1.29, 1.82) is 0 Å². The van der Waals surface area contributed by atoms with Crippen LogP contribution < -0.4 is 0 Å². The lowest BCUT2D eigenvalue weighted by molar-refractivity contribution is -0.179. The number of Topliss-reactive ketones (excluding diaryl/α,β-unsaturated/α-hetero) is 1. The Morgan fingerprint density at radius 2 is 1.96 bits per heavy atom. The van der Waals surface area contributed by atoms with Gasteiger partial charge in [-0.05, 0) is 49.9 Å². The van der Waals surface area contributed by atoms with Crippen molar-refractivity contribution in [2.24, 2.45) is 34.5 Å². The number of ether oxygens (including phenoxy) is 2. The first-order valence-electron chi connectivity index (χ1n) is 10.2. The third kappa shape index (κ3) is 3.07. The Balaban J connectivity index is 2.14. The van der Waals surface area contributed by atoms with E-state index in [0.29, 0.717) is 12.3 Å². The molecule has 3 fully saturated rings. The van der Waals surface area contributed by atoms with E-state index in [-0.39, 0.29) is 35.1 Å². The summed E-state index contributed by atoms with van der Waals surface area (Å²) in [5.74, 6) is 0.174. The topological polar surface area (TPSA) is 72.8 Å². The highest BCUT2D eigenvalue weighted by atomic mass is 16.6. The summed E-state index contributed by atoms with van der Waals surface area (Å²) in [4.78, 5) is 25.6. The first kappa shape index (κ1) is 20.5. The molecule has 3 aliphatic rings. The molecule has 3 aliphatic carbocycles. The Labute approximate surface area is 162 Å². The molecule has 0 aliphatic heterocycles. The van der Waals surface area contributed by atoms with Crippen LogP contribution in [0.2, 0.25) is 0 Å². The zero-order chi connectivity index (χ0) is 20.0. The molecule has 0 saturated heterocycles. The van der Waals surface area contributed by atoms with Gasteiger partial charge in [0.05, 0.1) is 6.10 Å². The van der Waals surface area contributed by atoms with Gasteiger partial charge in [-0.1, -0.05) is 19.9 Å². The molecule has 27 heavy (non-hydrogen) atoms. The fourth-order valence-electron chi connectivity index (χ4n) is 6.60. The van der Waals surface area contributed by atoms with E-state index in [4.69, 9.17) is 9.47 Å². The molecule has 5 heteroatoms. The highest BCUT2D eigenvalue weighted by Gasteiger charge is 2.63. The summed E-state index contributed by atoms with van der Waals surface area (Å²) in [6, 6.07) is 0. The number of hydrogen-bond donors (Lipinski definition) is 1. The average molecular weight is 379 g/mol. The van der Waals surface area contributed by atoms with E-state index in [9.17, 15) is 14.7 Å². The third-order valence-electron chi connectivity index (χ3n) is 8.13. The fourth-order valence-corrected chi connectivity index (χ4v) is 6.60. The molecule has 1 N–H and O–H groups in total. The molecule has 0 aromatic rings. The monoisotopic (exact) mass is 378 g/mol. The van der Waals surface area contributed by atoms with E-state index in [1.54, 1.807) is 13.2 Å². The van der Waals surface area contributed by atoms with Crippen LogP contribution in [-0.4, -0.2) is 42.8 Å². The van der Waals surface area contributed by atoms with Crippen molar-refractivity contribution in [1.82, 2.24) is 0 Å². The van der Waals surface area contributed by atoms with Crippen LogP contribution in [0.4, 0.5) is 0 Å². The van der Waals surface area contributed by atoms with E-state index in [0.717, 1.165) is 25.7 Å². The normalized spacial score (nSPS) is 46.9. The number of allylic oxidation sites excluding steroid dienone is 1. The molecule has 2 unspecified atom stereocenters. The van der Waals surface area contributed by atoms with Crippen molar-refractivity contribution >= 4 is 11.8 Å². The molecule has 0 aromatic heterocycles. The lowest BCUT2D eigenvalue weighted by Crippen LogP contribution is -2.57. The molecule has 0 aromatic carbocycles. The van der Waals surface area contributed by atoms with Crippen LogP contribution in [-0.2, 0) is 19.1 Å². The summed E-state index contributed by atoms with van der Waals surface area (Å²) < 4.78 is 11.6. The van der Waals surface area contributed by atoms with Crippen molar-refractivity contribution < 1.29 is 24.2 Å². The van der Waals surface area contributed by atoms with E-state index in [2.05, 4.69) is 20.4 Å². The lowest BCUT2D eigenvalue weighted by Gasteiger charge is -2.56. The molecule has 8 atom stereocenters. The number of aliphatic hydroxyl groups is 1. The van der Waals surface area contributed by atoms with E-state index in [1.807, 2.05) is 6.92 Å². The van der Waals surface area contributed by atoms with Gasteiger partial charge in [-0.25, -0.2) is 4.79 Å². The van der Waals surface area contributed by atoms with Crippen LogP contribution in [0.5, 0.6) is 0 Å². The molecular weight excluding hydrogens is 344 g/mol. The highest BCUT2D eigenvalue weighted by molar-refractivity contribution is 5.89. The second-order valence-corrected chi connectivity index (χ2v) is 9.26. The summed E-state index contributed by atoms with van der Waals surface area (Å²) in [5.41, 5.74) is -0.845. The van der Waals surface area contributed by atoms with Crippen molar-refractivity contribution in [3.63, 3.8) is 0 Å². The minimum absolute atomic E-state index is 0.0739. The second kappa shape index (κ2) is 7.32. The molecule has 0 radical (unpaired) electrons. The number of hydrogen-bond acceptors (Lipinski definition) is 5. The van der Waals surface area contributed by atoms with Crippen LogP contribution in [0.3, 0.4) is 0 Å². The largest absolute Gasteiger partial charge is 0.460 e. The Morgan fingerprint density at radius 1 is 1.30 bits per heavy atom. The number of carbonyl (C=O) groups is 2. The number of ketones is 1. The van der Waals surface area contributed by atoms with Crippen molar-refractivity contribution in [3.05, 3.63) is 12.7 Å². The van der Waals surface area contributed by atoms with Crippen molar-refractivity contribution in [2.45, 2.75) is 65.1 Å². The van der Waals surface area contributed by atoms with Crippen LogP contribution >= 0.6 is 0 Å². The molecular formula is C22H34O5. The summed E-state index contributed by atoms with van der Waals surface area (Å²) >= 11 is 0. The highest BCUT2D eigenvalue weighted by Crippen LogP contribution is 2.64. The van der Waals surface area contributed by atoms with Crippen molar-refractivity contribution in [2.75, 3.05) is 13.7 Å². The van der Waals surface area contributed by atoms with Crippen LogP contribution in [0.25, 0.3) is 0 Å². The van der Waals surface area contributed by atoms with Gasteiger partial charge in [-0.3, -0.25) is 4.79 Å². The van der Waals surface area contributed by atoms with Crippen LogP contribution in [0.1, 0.15) is 52.9 Å². The first-order chi connectivity index (χ1) is 12.7. The number of methoxy groups -OCH3 is 1. The molecule has 0 spiro atoms. The van der Waals surface area contributed by atoms with Crippen LogP contribution in [0.15, 0.2) is 12.7 Å². The maximum absolute atomic E-state index is 13.6. The minimum atomic E-state index is -0.738. The fraction of sp³-hybridized carbons (Fsp3) is 0.818. The molecule has 5 nitrogen and oxygen atoms in total. The maximum Gasteiger partial charge on any atom is 0.332 e. The van der Waals surface area contributed by atoms with Gasteiger partial charge in [-0.2, -0.15) is 0 Å². The molecule has 2 bridgehead atoms. The van der Waals surface area contributed by atoms with Gasteiger partial charge in [0.15, 0.2) is 0 Å². The quantitative estimate of drug-likeness (QED) is 0.601. The second-order valence-electron chi connectivity index (χ2n) is 9.26. The molecule has 0 amide bonds. The Bertz CT molecular complexity index is 616. The number of esters is 1. The number of rotatable bonds is 4. The lowest BCUT2D eigenvalue weighted by atomic mass is 9.49. The Hall–Kier alpha value is -1.20. The molecule has 3 rings (SSSR count). The SMILES string of the molecule is C=C[C@]1(C)C[C@@H](OC(=O)CO)C2C(C)CC[C@]3(CC[C@@H](OC)[C@H]23)[C@@H](C)C1=O. The Kier molecular flexibility index (Phi) is 5.57. The summed E-state index contributed by atoms with van der Waals surface area (Å²) in [6.45, 7) is 9.52. The van der Waals surface area contributed by atoms with E-state index in [1.165, 1.54) is 0 Å². The summed E-state index contributed by atoms with van der Waals surface area (Å²) in [6.07, 6.45) is 5.75. The zero-order valence-corrected chi connectivity index (χ0v) is 17.1. The van der Waals surface area contributed by atoms with Gasteiger partial charge in [0.1, 0.15) is 18.5 Å². The number of aliphatic hydroxyl groups excluding tert-OH is 1. The van der Waals surface area contributed by atoms with Gasteiger partial charge in [0, 0.05) is 30.8 Å². The standard InChI is InChI=1S/C22H34O5/c1-6-21(4)11-16(27-17(24)12-23)18-13(2)7-9-22(14(3)20(21)25)10-8-15(26-5)19(18)22/h6,13-16,18-19,23H,1,7-12H2,2-5H3/t13?,14-,15+,16+,18?,19+,21+,22-/m0/s1. The van der Waals surface area contributed by atoms with Gasteiger partial charge in [-0.15, -0.1) is 6.58 Å². The molecule has 152 valence electrons. The van der Waals surface area contributed by atoms with Gasteiger partial charge < -0.3 is 14.6 Å². The smallest absolute Gasteiger partial charge is 0.332 e. The first-order valence-corrected chi connectivity index (χ1v) is 10.2. The van der Waals surface area contributed by atoms with Crippen LogP contribution in [0, 0.1) is 34.5 Å². The Morgan fingerprint density at radius 3 is 2.56 bits per heavy atom. The third-order valence-corrected chi connectivity index (χ3v) is 8.13. The summed E-state index contributed by atoms with van der Waals surface area (Å²) in [7, 11) is 1.75. The minimum Gasteiger partial charge on any atom is -0.460 e. The predicted molar refractivity (Wildman–Crippen MR) is 102 cm³/mol. The molecule has 3 saturated carbocycles. The summed E-state index contributed by atoms with van der Waals surface area (Å²) in [5, 5.41) is 9.26. The predicted octanol–water partition coefficient (Wildman–Crippen LogP) is 3.15.